The number of methoxy groups -OCH3 is 2. The number of nitrogens with zero attached hydrogens (tertiary/aromatic N) is 3. The van der Waals surface area contributed by atoms with Crippen molar-refractivity contribution in [1.29, 1.82) is 0 Å². The Morgan fingerprint density at radius 2 is 1.86 bits per heavy atom. The van der Waals surface area contributed by atoms with Gasteiger partial charge in [0.25, 0.3) is 5.91 Å². The normalized spacial score (nSPS) is 17.9. The lowest BCUT2D eigenvalue weighted by Gasteiger charge is -2.38. The second kappa shape index (κ2) is 12.5. The van der Waals surface area contributed by atoms with Gasteiger partial charge < -0.3 is 30.9 Å². The molecule has 1 aliphatic heterocycles. The van der Waals surface area contributed by atoms with Crippen LogP contribution in [0.3, 0.4) is 0 Å². The van der Waals surface area contributed by atoms with E-state index in [9.17, 15) is 9.59 Å². The summed E-state index contributed by atoms with van der Waals surface area (Å²) in [5.41, 5.74) is 8.51. The number of carbonyl (C=O) groups is 1. The Hall–Kier alpha value is -3.05. The van der Waals surface area contributed by atoms with Crippen molar-refractivity contribution in [2.45, 2.75) is 45.0 Å². The maximum absolute atomic E-state index is 13.0. The average Bonchev–Trinajstić information content (AvgIpc) is 3.16. The van der Waals surface area contributed by atoms with E-state index >= 15 is 0 Å². The van der Waals surface area contributed by atoms with E-state index in [-0.39, 0.29) is 29.2 Å². The zero-order valence-corrected chi connectivity index (χ0v) is 22.3. The number of aryl methyl sites for hydroxylation is 2. The van der Waals surface area contributed by atoms with Gasteiger partial charge in [0.2, 0.25) is 0 Å². The summed E-state index contributed by atoms with van der Waals surface area (Å²) in [5.74, 6) is 0.0985. The van der Waals surface area contributed by atoms with E-state index in [1.165, 1.54) is 13.2 Å². The number of carbonyl (C=O) groups excluding carboxylic acids is 1. The van der Waals surface area contributed by atoms with Crippen LogP contribution in [0, 0.1) is 0 Å². The second-order valence-corrected chi connectivity index (χ2v) is 9.45. The molecule has 2 aromatic carbocycles. The van der Waals surface area contributed by atoms with E-state index in [1.54, 1.807) is 13.2 Å². The molecule has 0 unspecified atom stereocenters. The molecule has 37 heavy (non-hydrogen) atoms. The molecule has 5 N–H and O–H groups in total. The molecule has 11 heteroatoms. The highest BCUT2D eigenvalue weighted by atomic mass is 35.5. The molecule has 0 radical (unpaired) electrons. The summed E-state index contributed by atoms with van der Waals surface area (Å²) in [6.07, 6.45) is 1.42. The van der Waals surface area contributed by atoms with Crippen LogP contribution in [0.25, 0.3) is 11.0 Å². The van der Waals surface area contributed by atoms with Gasteiger partial charge in [0.15, 0.2) is 0 Å². The summed E-state index contributed by atoms with van der Waals surface area (Å²) >= 11 is 6.13. The summed E-state index contributed by atoms with van der Waals surface area (Å²) in [6.45, 7) is 5.63. The number of imidazole rings is 1. The van der Waals surface area contributed by atoms with Crippen LogP contribution in [0.2, 0.25) is 5.02 Å². The molecule has 0 aliphatic carbocycles. The second-order valence-electron chi connectivity index (χ2n) is 9.04. The van der Waals surface area contributed by atoms with Gasteiger partial charge in [-0.25, -0.2) is 4.79 Å². The Kier molecular flexibility index (Phi) is 9.61. The smallest absolute Gasteiger partial charge is 0.329 e. The number of hydrogen-bond acceptors (Lipinski definition) is 6. The van der Waals surface area contributed by atoms with Crippen molar-refractivity contribution in [3.8, 4) is 5.75 Å². The topological polar surface area (TPSA) is 135 Å². The molecule has 1 fully saturated rings. The van der Waals surface area contributed by atoms with Crippen molar-refractivity contribution in [3.63, 3.8) is 0 Å². The molecule has 4 rings (SSSR count). The standard InChI is InChI=1S/C26H34ClN5O4.H2O/c1-4-31-21-8-5-6-9-22(21)32(26(31)34)12-7-11-30-13-10-20(24(16-30)36-3)29-25(33)17-14-18(27)19(28)15-23(17)35-2;/h5-6,8-9,14-15,20,24H,4,7,10-13,16,28H2,1-3H3,(H,29,33);1H2/t20-,24+;/m0./s1. The third kappa shape index (κ3) is 5.93. The summed E-state index contributed by atoms with van der Waals surface area (Å²) < 4.78 is 14.7. The first-order chi connectivity index (χ1) is 17.4. The van der Waals surface area contributed by atoms with Gasteiger partial charge in [-0.05, 0) is 44.5 Å². The van der Waals surface area contributed by atoms with Crippen molar-refractivity contribution in [3.05, 3.63) is 57.5 Å². The molecule has 1 aromatic heterocycles. The number of hydrogen-bond donors (Lipinski definition) is 2. The number of anilines is 1. The Morgan fingerprint density at radius 3 is 2.51 bits per heavy atom. The van der Waals surface area contributed by atoms with Gasteiger partial charge in [-0.1, -0.05) is 23.7 Å². The minimum atomic E-state index is -0.277. The van der Waals surface area contributed by atoms with Crippen LogP contribution in [0.15, 0.2) is 41.2 Å². The largest absolute Gasteiger partial charge is 0.496 e. The van der Waals surface area contributed by atoms with Gasteiger partial charge in [0.1, 0.15) is 5.75 Å². The number of nitrogens with one attached hydrogen (secondary N) is 1. The number of ether oxygens (including phenoxy) is 2. The Bertz CT molecular complexity index is 1290. The van der Waals surface area contributed by atoms with Crippen LogP contribution in [-0.4, -0.2) is 71.4 Å². The van der Waals surface area contributed by atoms with Crippen LogP contribution in [0.4, 0.5) is 5.69 Å². The molecule has 0 spiro atoms. The van der Waals surface area contributed by atoms with Crippen molar-refractivity contribution in [2.75, 3.05) is 39.6 Å². The molecule has 3 aromatic rings. The van der Waals surface area contributed by atoms with E-state index < -0.39 is 0 Å². The fraction of sp³-hybridized carbons (Fsp3) is 0.462. The number of amides is 1. The first kappa shape index (κ1) is 28.5. The summed E-state index contributed by atoms with van der Waals surface area (Å²) in [4.78, 5) is 28.2. The number of nitrogens with two attached hydrogens (primary N) is 1. The molecule has 10 nitrogen and oxygen atoms in total. The van der Waals surface area contributed by atoms with Gasteiger partial charge in [0.05, 0.1) is 46.6 Å². The van der Waals surface area contributed by atoms with Crippen LogP contribution in [-0.2, 0) is 17.8 Å². The van der Waals surface area contributed by atoms with Crippen molar-refractivity contribution >= 4 is 34.2 Å². The highest BCUT2D eigenvalue weighted by Crippen LogP contribution is 2.29. The van der Waals surface area contributed by atoms with Crippen LogP contribution in [0.1, 0.15) is 30.1 Å². The minimum Gasteiger partial charge on any atom is -0.496 e. The predicted molar refractivity (Wildman–Crippen MR) is 146 cm³/mol. The van der Waals surface area contributed by atoms with Crippen LogP contribution >= 0.6 is 11.6 Å². The molecule has 1 amide bonds. The van der Waals surface area contributed by atoms with E-state index in [2.05, 4.69) is 10.2 Å². The Morgan fingerprint density at radius 1 is 1.16 bits per heavy atom. The van der Waals surface area contributed by atoms with Crippen molar-refractivity contribution in [1.82, 2.24) is 19.4 Å². The molecule has 0 saturated carbocycles. The monoisotopic (exact) mass is 533 g/mol. The van der Waals surface area contributed by atoms with E-state index in [1.807, 2.05) is 40.3 Å². The Balaban J connectivity index is 0.00000380. The first-order valence-corrected chi connectivity index (χ1v) is 12.6. The third-order valence-electron chi connectivity index (χ3n) is 6.92. The summed E-state index contributed by atoms with van der Waals surface area (Å²) in [5, 5.41) is 3.38. The quantitative estimate of drug-likeness (QED) is 0.405. The fourth-order valence-corrected chi connectivity index (χ4v) is 5.16. The summed E-state index contributed by atoms with van der Waals surface area (Å²) in [7, 11) is 3.15. The maximum atomic E-state index is 13.0. The molecule has 0 bridgehead atoms. The average molecular weight is 534 g/mol. The van der Waals surface area contributed by atoms with Crippen LogP contribution in [0.5, 0.6) is 5.75 Å². The predicted octanol–water partition coefficient (Wildman–Crippen LogP) is 2.15. The molecule has 202 valence electrons. The number of likely N-dealkylation sites (tertiary alicyclic amines) is 1. The molecule has 1 aliphatic rings. The Labute approximate surface area is 221 Å². The van der Waals surface area contributed by atoms with E-state index in [0.717, 1.165) is 37.0 Å². The highest BCUT2D eigenvalue weighted by molar-refractivity contribution is 6.33. The maximum Gasteiger partial charge on any atom is 0.329 e. The van der Waals surface area contributed by atoms with Crippen molar-refractivity contribution in [2.24, 2.45) is 0 Å². The molecular weight excluding hydrogens is 498 g/mol. The zero-order chi connectivity index (χ0) is 25.8. The number of benzene rings is 2. The van der Waals surface area contributed by atoms with Crippen molar-refractivity contribution < 1.29 is 19.7 Å². The van der Waals surface area contributed by atoms with Gasteiger partial charge >= 0.3 is 5.69 Å². The van der Waals surface area contributed by atoms with Gasteiger partial charge in [-0.3, -0.25) is 13.9 Å². The number of halogens is 1. The zero-order valence-electron chi connectivity index (χ0n) is 21.5. The lowest BCUT2D eigenvalue weighted by Crippen LogP contribution is -2.55. The van der Waals surface area contributed by atoms with E-state index in [0.29, 0.717) is 41.7 Å². The fourth-order valence-electron chi connectivity index (χ4n) is 5.00. The lowest BCUT2D eigenvalue weighted by atomic mass is 10.0. The number of rotatable bonds is 9. The molecule has 2 atom stereocenters. The number of aromatic nitrogens is 2. The molecule has 2 heterocycles. The van der Waals surface area contributed by atoms with E-state index in [4.69, 9.17) is 26.8 Å². The lowest BCUT2D eigenvalue weighted by molar-refractivity contribution is 0.00585. The SMILES string of the molecule is CCn1c(=O)n(CCCN2CC[C@H](NC(=O)c3cc(Cl)c(N)cc3OC)[C@H](OC)C2)c2ccccc21.O. The van der Waals surface area contributed by atoms with Gasteiger partial charge in [-0.2, -0.15) is 0 Å². The number of para-hydroxylation sites is 2. The minimum absolute atomic E-state index is 0. The number of nitrogen functional groups attached to an aromatic ring is 1. The molecule has 1 saturated heterocycles. The number of fused-ring (bicyclic) bond motifs is 1. The molecular formula is C26H36ClN5O5. The summed E-state index contributed by atoms with van der Waals surface area (Å²) in [6, 6.07) is 10.9. The third-order valence-corrected chi connectivity index (χ3v) is 7.25. The first-order valence-electron chi connectivity index (χ1n) is 12.2. The van der Waals surface area contributed by atoms with Gasteiger partial charge in [-0.15, -0.1) is 0 Å². The highest BCUT2D eigenvalue weighted by Gasteiger charge is 2.31. The number of piperidine rings is 1. The van der Waals surface area contributed by atoms with Crippen LogP contribution < -0.4 is 21.5 Å². The van der Waals surface area contributed by atoms with Gasteiger partial charge in [0, 0.05) is 39.4 Å².